The van der Waals surface area contributed by atoms with Gasteiger partial charge in [0.25, 0.3) is 5.91 Å². The summed E-state index contributed by atoms with van der Waals surface area (Å²) in [5.41, 5.74) is 0.221. The van der Waals surface area contributed by atoms with Gasteiger partial charge < -0.3 is 14.9 Å². The third-order valence-electron chi connectivity index (χ3n) is 2.74. The molecule has 1 amide bonds. The first-order valence-electron chi connectivity index (χ1n) is 6.27. The molecule has 2 rings (SSSR count). The van der Waals surface area contributed by atoms with Crippen LogP contribution in [0, 0.1) is 0 Å². The first-order valence-corrected chi connectivity index (χ1v) is 8.86. The zero-order chi connectivity index (χ0) is 15.2. The number of halogens is 1. The largest absolute Gasteiger partial charge is 0.396 e. The fourth-order valence-corrected chi connectivity index (χ4v) is 3.40. The van der Waals surface area contributed by atoms with Crippen molar-refractivity contribution in [3.8, 4) is 10.6 Å². The maximum absolute atomic E-state index is 12.1. The summed E-state index contributed by atoms with van der Waals surface area (Å²) in [5.74, 6) is 0.943. The number of carbonyl (C=O) groups excluding carboxylic acids is 1. The number of nitrogens with zero attached hydrogens (tertiary/aromatic N) is 1. The minimum atomic E-state index is -0.305. The Morgan fingerprint density at radius 1 is 1.62 bits per heavy atom. The van der Waals surface area contributed by atoms with Crippen molar-refractivity contribution < 1.29 is 14.4 Å². The van der Waals surface area contributed by atoms with Crippen molar-refractivity contribution in [2.75, 3.05) is 18.6 Å². The molecule has 114 valence electrons. The highest BCUT2D eigenvalue weighted by atomic mass is 35.5. The van der Waals surface area contributed by atoms with Crippen molar-refractivity contribution in [3.63, 3.8) is 0 Å². The second-order valence-electron chi connectivity index (χ2n) is 4.32. The molecule has 0 aromatic carbocycles. The average molecular weight is 347 g/mol. The molecule has 0 aliphatic carbocycles. The van der Waals surface area contributed by atoms with Crippen LogP contribution in [0.1, 0.15) is 16.9 Å². The molecular weight excluding hydrogens is 332 g/mol. The molecule has 0 saturated carbocycles. The highest BCUT2D eigenvalue weighted by molar-refractivity contribution is 7.98. The number of thioether (sulfide) groups is 1. The molecule has 21 heavy (non-hydrogen) atoms. The van der Waals surface area contributed by atoms with Crippen molar-refractivity contribution in [3.05, 3.63) is 28.2 Å². The van der Waals surface area contributed by atoms with Crippen LogP contribution < -0.4 is 5.32 Å². The first kappa shape index (κ1) is 16.4. The summed E-state index contributed by atoms with van der Waals surface area (Å²) >= 11 is 8.84. The molecule has 2 heterocycles. The number of carbonyl (C=O) groups is 1. The Labute approximate surface area is 135 Å². The lowest BCUT2D eigenvalue weighted by atomic mass is 10.2. The number of amides is 1. The molecule has 5 nitrogen and oxygen atoms in total. The number of rotatable bonds is 7. The van der Waals surface area contributed by atoms with Crippen molar-refractivity contribution >= 4 is 40.6 Å². The van der Waals surface area contributed by atoms with Crippen molar-refractivity contribution in [1.82, 2.24) is 10.5 Å². The minimum Gasteiger partial charge on any atom is -0.396 e. The van der Waals surface area contributed by atoms with Gasteiger partial charge in [0.15, 0.2) is 11.5 Å². The van der Waals surface area contributed by atoms with Gasteiger partial charge in [-0.2, -0.15) is 11.8 Å². The summed E-state index contributed by atoms with van der Waals surface area (Å²) in [6.45, 7) is 0.0310. The van der Waals surface area contributed by atoms with E-state index in [9.17, 15) is 4.79 Å². The van der Waals surface area contributed by atoms with Crippen molar-refractivity contribution in [1.29, 1.82) is 0 Å². The molecule has 0 bridgehead atoms. The predicted molar refractivity (Wildman–Crippen MR) is 86.2 cm³/mol. The Bertz CT molecular complexity index is 594. The maximum atomic E-state index is 12.1. The van der Waals surface area contributed by atoms with Crippen LogP contribution in [0.3, 0.4) is 0 Å². The number of aliphatic hydroxyl groups excluding tert-OH is 1. The van der Waals surface area contributed by atoms with E-state index >= 15 is 0 Å². The zero-order valence-corrected chi connectivity index (χ0v) is 13.7. The molecule has 0 radical (unpaired) electrons. The minimum absolute atomic E-state index is 0.0310. The van der Waals surface area contributed by atoms with Crippen LogP contribution in [-0.4, -0.2) is 40.8 Å². The summed E-state index contributed by atoms with van der Waals surface area (Å²) < 4.78 is 5.82. The van der Waals surface area contributed by atoms with E-state index in [2.05, 4.69) is 10.5 Å². The summed E-state index contributed by atoms with van der Waals surface area (Å²) in [4.78, 5) is 12.9. The summed E-state index contributed by atoms with van der Waals surface area (Å²) in [5, 5.41) is 15.6. The van der Waals surface area contributed by atoms with Gasteiger partial charge in [0.1, 0.15) is 0 Å². The molecule has 2 N–H and O–H groups in total. The summed E-state index contributed by atoms with van der Waals surface area (Å²) in [6.07, 6.45) is 2.46. The Kier molecular flexibility index (Phi) is 6.10. The highest BCUT2D eigenvalue weighted by Crippen LogP contribution is 2.31. The average Bonchev–Trinajstić information content (AvgIpc) is 3.07. The number of aliphatic hydroxyl groups is 1. The molecule has 0 fully saturated rings. The van der Waals surface area contributed by atoms with Gasteiger partial charge in [0.2, 0.25) is 0 Å². The third-order valence-corrected chi connectivity index (χ3v) is 4.72. The quantitative estimate of drug-likeness (QED) is 0.806. The third kappa shape index (κ3) is 4.47. The number of aromatic nitrogens is 1. The predicted octanol–water partition coefficient (Wildman–Crippen LogP) is 2.90. The van der Waals surface area contributed by atoms with Crippen LogP contribution in [0.5, 0.6) is 0 Å². The standard InChI is InChI=1S/C13H15ClN2O3S2/c1-20-7-8(4-5-17)15-13(18)9-6-10(19-16-9)11-2-3-12(14)21-11/h2-3,6,8,17H,4-5,7H2,1H3,(H,15,18). The molecule has 1 atom stereocenters. The van der Waals surface area contributed by atoms with Crippen LogP contribution in [0.25, 0.3) is 10.6 Å². The van der Waals surface area contributed by atoms with Crippen LogP contribution >= 0.6 is 34.7 Å². The number of hydrogen-bond acceptors (Lipinski definition) is 6. The normalized spacial score (nSPS) is 12.3. The Morgan fingerprint density at radius 2 is 2.43 bits per heavy atom. The molecule has 2 aromatic rings. The molecule has 0 spiro atoms. The lowest BCUT2D eigenvalue weighted by Crippen LogP contribution is -2.37. The fraction of sp³-hybridized carbons (Fsp3) is 0.385. The lowest BCUT2D eigenvalue weighted by molar-refractivity contribution is 0.0926. The Balaban J connectivity index is 2.04. The fourth-order valence-electron chi connectivity index (χ4n) is 1.76. The van der Waals surface area contributed by atoms with Gasteiger partial charge in [0.05, 0.1) is 9.21 Å². The van der Waals surface area contributed by atoms with Gasteiger partial charge in [-0.3, -0.25) is 4.79 Å². The Hall–Kier alpha value is -1.02. The van der Waals surface area contributed by atoms with Gasteiger partial charge in [0, 0.05) is 24.5 Å². The van der Waals surface area contributed by atoms with E-state index in [0.717, 1.165) is 10.6 Å². The molecule has 8 heteroatoms. The highest BCUT2D eigenvalue weighted by Gasteiger charge is 2.18. The second kappa shape index (κ2) is 7.84. The topological polar surface area (TPSA) is 75.4 Å². The van der Waals surface area contributed by atoms with E-state index < -0.39 is 0 Å². The van der Waals surface area contributed by atoms with E-state index in [1.165, 1.54) is 11.3 Å². The van der Waals surface area contributed by atoms with Gasteiger partial charge in [-0.15, -0.1) is 11.3 Å². The first-order chi connectivity index (χ1) is 10.1. The van der Waals surface area contributed by atoms with E-state index in [4.69, 9.17) is 21.2 Å². The van der Waals surface area contributed by atoms with Crippen molar-refractivity contribution in [2.24, 2.45) is 0 Å². The monoisotopic (exact) mass is 346 g/mol. The van der Waals surface area contributed by atoms with E-state index in [1.807, 2.05) is 12.3 Å². The molecular formula is C13H15ClN2O3S2. The number of hydrogen-bond donors (Lipinski definition) is 2. The second-order valence-corrected chi connectivity index (χ2v) is 6.94. The van der Waals surface area contributed by atoms with Gasteiger partial charge >= 0.3 is 0 Å². The van der Waals surface area contributed by atoms with Crippen LogP contribution in [-0.2, 0) is 0 Å². The summed E-state index contributed by atoms with van der Waals surface area (Å²) in [6, 6.07) is 5.08. The van der Waals surface area contributed by atoms with Crippen molar-refractivity contribution in [2.45, 2.75) is 12.5 Å². The molecule has 0 aliphatic heterocycles. The van der Waals surface area contributed by atoms with Crippen LogP contribution in [0.4, 0.5) is 0 Å². The SMILES string of the molecule is CSCC(CCO)NC(=O)c1cc(-c2ccc(Cl)s2)on1. The van der Waals surface area contributed by atoms with E-state index in [-0.39, 0.29) is 24.2 Å². The summed E-state index contributed by atoms with van der Waals surface area (Å²) in [7, 11) is 0. The smallest absolute Gasteiger partial charge is 0.273 e. The van der Waals surface area contributed by atoms with Gasteiger partial charge in [-0.25, -0.2) is 0 Å². The zero-order valence-electron chi connectivity index (χ0n) is 11.3. The van der Waals surface area contributed by atoms with Crippen LogP contribution in [0.2, 0.25) is 4.34 Å². The van der Waals surface area contributed by atoms with Gasteiger partial charge in [-0.05, 0) is 24.8 Å². The Morgan fingerprint density at radius 3 is 3.05 bits per heavy atom. The number of nitrogens with one attached hydrogen (secondary N) is 1. The number of thiophene rings is 1. The van der Waals surface area contributed by atoms with Crippen LogP contribution in [0.15, 0.2) is 22.7 Å². The molecule has 0 aliphatic rings. The lowest BCUT2D eigenvalue weighted by Gasteiger charge is -2.15. The van der Waals surface area contributed by atoms with Gasteiger partial charge in [-0.1, -0.05) is 16.8 Å². The molecule has 1 unspecified atom stereocenters. The maximum Gasteiger partial charge on any atom is 0.273 e. The van der Waals surface area contributed by atoms with E-state index in [1.54, 1.807) is 23.9 Å². The molecule has 0 saturated heterocycles. The molecule has 2 aromatic heterocycles. The van der Waals surface area contributed by atoms with E-state index in [0.29, 0.717) is 16.5 Å².